The maximum Gasteiger partial charge on any atom is 0.245 e. The van der Waals surface area contributed by atoms with E-state index < -0.39 is 0 Å². The summed E-state index contributed by atoms with van der Waals surface area (Å²) in [6.45, 7) is 5.03. The first-order chi connectivity index (χ1) is 14.4. The van der Waals surface area contributed by atoms with Crippen molar-refractivity contribution in [3.05, 3.63) is 30.1 Å². The number of ether oxygens (including phenoxy) is 2. The Morgan fingerprint density at radius 1 is 1.00 bits per heavy atom. The summed E-state index contributed by atoms with van der Waals surface area (Å²) in [6, 6.07) is 5.87. The number of morpholine rings is 1. The second-order valence-electron chi connectivity index (χ2n) is 7.22. The van der Waals surface area contributed by atoms with Gasteiger partial charge in [-0.15, -0.1) is 0 Å². The van der Waals surface area contributed by atoms with Gasteiger partial charge in [0.2, 0.25) is 11.3 Å². The van der Waals surface area contributed by atoms with E-state index in [0.29, 0.717) is 31.1 Å². The van der Waals surface area contributed by atoms with Crippen molar-refractivity contribution in [1.82, 2.24) is 25.3 Å². The van der Waals surface area contributed by atoms with Gasteiger partial charge in [-0.3, -0.25) is 4.98 Å². The quantitative estimate of drug-likeness (QED) is 0.628. The van der Waals surface area contributed by atoms with Gasteiger partial charge in [-0.05, 0) is 35.3 Å². The lowest BCUT2D eigenvalue weighted by Gasteiger charge is -2.36. The molecule has 5 heterocycles. The molecule has 10 nitrogen and oxygen atoms in total. The zero-order valence-corrected chi connectivity index (χ0v) is 16.1. The van der Waals surface area contributed by atoms with Crippen LogP contribution in [0.1, 0.15) is 18.5 Å². The third-order valence-corrected chi connectivity index (χ3v) is 5.26. The van der Waals surface area contributed by atoms with E-state index >= 15 is 0 Å². The van der Waals surface area contributed by atoms with E-state index in [2.05, 4.69) is 25.1 Å². The predicted molar refractivity (Wildman–Crippen MR) is 105 cm³/mol. The highest BCUT2D eigenvalue weighted by Crippen LogP contribution is 2.30. The van der Waals surface area contributed by atoms with E-state index in [1.165, 1.54) is 0 Å². The molecular formula is C19H23N7O3. The van der Waals surface area contributed by atoms with Crippen LogP contribution in [0.3, 0.4) is 0 Å². The molecule has 10 heteroatoms. The monoisotopic (exact) mass is 397 g/mol. The second kappa shape index (κ2) is 8.26. The van der Waals surface area contributed by atoms with Crippen molar-refractivity contribution in [2.45, 2.75) is 25.6 Å². The van der Waals surface area contributed by atoms with E-state index in [1.807, 2.05) is 18.2 Å². The number of aromatic nitrogens is 5. The topological polar surface area (TPSA) is 103 Å². The van der Waals surface area contributed by atoms with Gasteiger partial charge in [-0.2, -0.15) is 0 Å². The molecule has 0 N–H and O–H groups in total. The number of hydrogen-bond acceptors (Lipinski definition) is 10. The van der Waals surface area contributed by atoms with E-state index in [9.17, 15) is 0 Å². The standard InChI is InChI=1S/C19H23N7O3/c1-2-6-20-14(4-1)13-28-15-5-3-7-26(12-15)19-18(25-8-10-27-11-9-25)21-16-17(22-19)24-29-23-16/h1-2,4,6,15H,3,5,7-13H2/t15-/m1/s1. The van der Waals surface area contributed by atoms with Gasteiger partial charge in [0.15, 0.2) is 11.6 Å². The molecule has 2 saturated heterocycles. The third kappa shape index (κ3) is 3.99. The smallest absolute Gasteiger partial charge is 0.245 e. The number of rotatable bonds is 5. The zero-order valence-electron chi connectivity index (χ0n) is 16.1. The lowest BCUT2D eigenvalue weighted by Crippen LogP contribution is -2.43. The van der Waals surface area contributed by atoms with Crippen LogP contribution in [0.15, 0.2) is 29.0 Å². The Labute approximate surface area is 167 Å². The van der Waals surface area contributed by atoms with E-state index in [1.54, 1.807) is 6.20 Å². The van der Waals surface area contributed by atoms with Crippen molar-refractivity contribution < 1.29 is 14.1 Å². The van der Waals surface area contributed by atoms with Gasteiger partial charge in [0, 0.05) is 32.4 Å². The summed E-state index contributed by atoms with van der Waals surface area (Å²) in [5.41, 5.74) is 1.79. The van der Waals surface area contributed by atoms with Crippen LogP contribution in [-0.2, 0) is 16.1 Å². The summed E-state index contributed by atoms with van der Waals surface area (Å²) < 4.78 is 16.5. The molecule has 2 aliphatic heterocycles. The third-order valence-electron chi connectivity index (χ3n) is 5.26. The Bertz CT molecular complexity index is 945. The fraction of sp³-hybridized carbons (Fsp3) is 0.526. The first kappa shape index (κ1) is 18.2. The number of pyridine rings is 1. The molecule has 5 rings (SSSR count). The van der Waals surface area contributed by atoms with Gasteiger partial charge in [-0.25, -0.2) is 14.6 Å². The number of fused-ring (bicyclic) bond motifs is 1. The number of anilines is 2. The highest BCUT2D eigenvalue weighted by atomic mass is 16.6. The molecule has 2 aliphatic rings. The summed E-state index contributed by atoms with van der Waals surface area (Å²) in [7, 11) is 0. The van der Waals surface area contributed by atoms with Crippen molar-refractivity contribution in [2.75, 3.05) is 49.2 Å². The molecule has 0 bridgehead atoms. The average molecular weight is 397 g/mol. The molecule has 0 spiro atoms. The number of piperidine rings is 1. The lowest BCUT2D eigenvalue weighted by molar-refractivity contribution is 0.0297. The predicted octanol–water partition coefficient (Wildman–Crippen LogP) is 1.43. The summed E-state index contributed by atoms with van der Waals surface area (Å²) in [5.74, 6) is 1.61. The molecule has 29 heavy (non-hydrogen) atoms. The molecule has 0 aromatic carbocycles. The minimum Gasteiger partial charge on any atom is -0.378 e. The van der Waals surface area contributed by atoms with Crippen molar-refractivity contribution in [1.29, 1.82) is 0 Å². The van der Waals surface area contributed by atoms with Crippen molar-refractivity contribution >= 4 is 22.9 Å². The van der Waals surface area contributed by atoms with Crippen molar-refractivity contribution in [3.63, 3.8) is 0 Å². The minimum atomic E-state index is 0.108. The Morgan fingerprint density at radius 2 is 1.79 bits per heavy atom. The van der Waals surface area contributed by atoms with Crippen molar-refractivity contribution in [3.8, 4) is 0 Å². The highest BCUT2D eigenvalue weighted by Gasteiger charge is 2.28. The molecule has 1 atom stereocenters. The molecular weight excluding hydrogens is 374 g/mol. The molecule has 3 aromatic rings. The fourth-order valence-corrected chi connectivity index (χ4v) is 3.77. The van der Waals surface area contributed by atoms with Gasteiger partial charge in [0.05, 0.1) is 31.6 Å². The Kier molecular flexibility index (Phi) is 5.18. The second-order valence-corrected chi connectivity index (χ2v) is 7.22. The lowest BCUT2D eigenvalue weighted by atomic mass is 10.1. The van der Waals surface area contributed by atoms with Gasteiger partial charge in [-0.1, -0.05) is 6.07 Å². The molecule has 0 unspecified atom stereocenters. The first-order valence-electron chi connectivity index (χ1n) is 9.96. The average Bonchev–Trinajstić information content (AvgIpc) is 3.26. The van der Waals surface area contributed by atoms with Crippen LogP contribution in [0.5, 0.6) is 0 Å². The van der Waals surface area contributed by atoms with Crippen LogP contribution in [0, 0.1) is 0 Å². The summed E-state index contributed by atoms with van der Waals surface area (Å²) in [5, 5.41) is 7.76. The molecule has 2 fully saturated rings. The largest absolute Gasteiger partial charge is 0.378 e. The highest BCUT2D eigenvalue weighted by molar-refractivity contribution is 5.74. The number of nitrogens with zero attached hydrogens (tertiary/aromatic N) is 7. The first-order valence-corrected chi connectivity index (χ1v) is 9.96. The van der Waals surface area contributed by atoms with E-state index in [0.717, 1.165) is 56.4 Å². The molecule has 0 saturated carbocycles. The normalized spacial score (nSPS) is 20.3. The zero-order chi connectivity index (χ0) is 19.5. The maximum atomic E-state index is 6.15. The minimum absolute atomic E-state index is 0.108. The van der Waals surface area contributed by atoms with Crippen LogP contribution >= 0.6 is 0 Å². The summed E-state index contributed by atoms with van der Waals surface area (Å²) >= 11 is 0. The van der Waals surface area contributed by atoms with Gasteiger partial charge >= 0.3 is 0 Å². The molecule has 152 valence electrons. The van der Waals surface area contributed by atoms with Gasteiger partial charge < -0.3 is 19.3 Å². The van der Waals surface area contributed by atoms with Crippen molar-refractivity contribution in [2.24, 2.45) is 0 Å². The van der Waals surface area contributed by atoms with Crippen LogP contribution in [0.4, 0.5) is 11.6 Å². The van der Waals surface area contributed by atoms with Gasteiger partial charge in [0.25, 0.3) is 0 Å². The fourth-order valence-electron chi connectivity index (χ4n) is 3.77. The van der Waals surface area contributed by atoms with Crippen LogP contribution in [0.2, 0.25) is 0 Å². The Hall–Kier alpha value is -2.85. The van der Waals surface area contributed by atoms with E-state index in [-0.39, 0.29) is 6.10 Å². The molecule has 3 aromatic heterocycles. The molecule has 0 amide bonds. The molecule has 0 aliphatic carbocycles. The van der Waals surface area contributed by atoms with Gasteiger partial charge in [0.1, 0.15) is 0 Å². The molecule has 0 radical (unpaired) electrons. The van der Waals surface area contributed by atoms with Crippen LogP contribution < -0.4 is 9.80 Å². The summed E-state index contributed by atoms with van der Waals surface area (Å²) in [4.78, 5) is 18.2. The SMILES string of the molecule is c1ccc(CO[C@@H]2CCCN(c3nc4nonc4nc3N3CCOCC3)C2)nc1. The number of hydrogen-bond donors (Lipinski definition) is 0. The maximum absolute atomic E-state index is 6.15. The van der Waals surface area contributed by atoms with Crippen LogP contribution in [-0.4, -0.2) is 70.8 Å². The Morgan fingerprint density at radius 3 is 2.55 bits per heavy atom. The summed E-state index contributed by atoms with van der Waals surface area (Å²) in [6.07, 6.45) is 3.93. The Balaban J connectivity index is 1.37. The van der Waals surface area contributed by atoms with Crippen LogP contribution in [0.25, 0.3) is 11.3 Å². The van der Waals surface area contributed by atoms with E-state index in [4.69, 9.17) is 24.1 Å².